The summed E-state index contributed by atoms with van der Waals surface area (Å²) in [5.41, 5.74) is 1.91. The SMILES string of the molecule is CC1(C)Cc2cccc(OCCNC(=O)NCc3cccnc3)c2O1. The van der Waals surface area contributed by atoms with Gasteiger partial charge in [0.1, 0.15) is 12.2 Å². The number of carbonyl (C=O) groups excluding carboxylic acids is 1. The van der Waals surface area contributed by atoms with E-state index < -0.39 is 0 Å². The van der Waals surface area contributed by atoms with Gasteiger partial charge < -0.3 is 20.1 Å². The van der Waals surface area contributed by atoms with E-state index in [0.29, 0.717) is 19.7 Å². The van der Waals surface area contributed by atoms with E-state index in [1.807, 2.05) is 24.3 Å². The molecule has 132 valence electrons. The number of para-hydroxylation sites is 1. The van der Waals surface area contributed by atoms with Crippen molar-refractivity contribution in [2.45, 2.75) is 32.4 Å². The highest BCUT2D eigenvalue weighted by molar-refractivity contribution is 5.73. The molecule has 0 spiro atoms. The lowest BCUT2D eigenvalue weighted by Gasteiger charge is -2.18. The summed E-state index contributed by atoms with van der Waals surface area (Å²) in [7, 11) is 0. The van der Waals surface area contributed by atoms with Crippen molar-refractivity contribution in [2.24, 2.45) is 0 Å². The minimum atomic E-state index is -0.233. The zero-order chi connectivity index (χ0) is 17.7. The van der Waals surface area contributed by atoms with Crippen LogP contribution in [-0.2, 0) is 13.0 Å². The number of fused-ring (bicyclic) bond motifs is 1. The average Bonchev–Trinajstić information content (AvgIpc) is 2.92. The summed E-state index contributed by atoms with van der Waals surface area (Å²) in [5, 5.41) is 5.55. The Kier molecular flexibility index (Phi) is 5.07. The van der Waals surface area contributed by atoms with Crippen LogP contribution < -0.4 is 20.1 Å². The molecule has 2 amide bonds. The molecule has 2 aromatic rings. The summed E-state index contributed by atoms with van der Waals surface area (Å²) in [4.78, 5) is 15.8. The van der Waals surface area contributed by atoms with Gasteiger partial charge in [-0.1, -0.05) is 18.2 Å². The lowest BCUT2D eigenvalue weighted by molar-refractivity contribution is 0.132. The quantitative estimate of drug-likeness (QED) is 0.793. The van der Waals surface area contributed by atoms with Crippen LogP contribution in [-0.4, -0.2) is 29.8 Å². The number of urea groups is 1. The highest BCUT2D eigenvalue weighted by Crippen LogP contribution is 2.41. The Labute approximate surface area is 147 Å². The first kappa shape index (κ1) is 17.1. The Hall–Kier alpha value is -2.76. The van der Waals surface area contributed by atoms with E-state index >= 15 is 0 Å². The first-order valence-corrected chi connectivity index (χ1v) is 8.38. The Morgan fingerprint density at radius 1 is 1.28 bits per heavy atom. The molecule has 6 nitrogen and oxygen atoms in total. The van der Waals surface area contributed by atoms with Crippen molar-refractivity contribution in [3.05, 3.63) is 53.9 Å². The fourth-order valence-corrected chi connectivity index (χ4v) is 2.77. The second kappa shape index (κ2) is 7.42. The maximum absolute atomic E-state index is 11.8. The third-order valence-electron chi connectivity index (χ3n) is 3.88. The molecular formula is C19H23N3O3. The van der Waals surface area contributed by atoms with Gasteiger partial charge in [0.05, 0.1) is 6.54 Å². The predicted molar refractivity (Wildman–Crippen MR) is 94.8 cm³/mol. The van der Waals surface area contributed by atoms with E-state index in [9.17, 15) is 4.79 Å². The first-order chi connectivity index (χ1) is 12.0. The van der Waals surface area contributed by atoms with Gasteiger partial charge in [0.2, 0.25) is 0 Å². The molecule has 0 unspecified atom stereocenters. The number of hydrogen-bond donors (Lipinski definition) is 2. The number of aromatic nitrogens is 1. The number of pyridine rings is 1. The van der Waals surface area contributed by atoms with Gasteiger partial charge >= 0.3 is 6.03 Å². The van der Waals surface area contributed by atoms with Gasteiger partial charge in [-0.25, -0.2) is 4.79 Å². The molecule has 0 fully saturated rings. The second-order valence-corrected chi connectivity index (χ2v) is 6.60. The lowest BCUT2D eigenvalue weighted by Crippen LogP contribution is -2.37. The fraction of sp³-hybridized carbons (Fsp3) is 0.368. The van der Waals surface area contributed by atoms with Crippen molar-refractivity contribution in [1.29, 1.82) is 0 Å². The predicted octanol–water partition coefficient (Wildman–Crippen LogP) is 2.67. The third-order valence-corrected chi connectivity index (χ3v) is 3.88. The molecule has 0 aliphatic carbocycles. The standard InChI is InChI=1S/C19H23N3O3/c1-19(2)11-15-6-3-7-16(17(15)25-19)24-10-9-21-18(23)22-13-14-5-4-8-20-12-14/h3-8,12H,9-11,13H2,1-2H3,(H2,21,22,23). The van der Waals surface area contributed by atoms with Gasteiger partial charge in [0, 0.05) is 30.9 Å². The van der Waals surface area contributed by atoms with E-state index in [1.54, 1.807) is 12.4 Å². The normalized spacial score (nSPS) is 14.3. The fourth-order valence-electron chi connectivity index (χ4n) is 2.77. The highest BCUT2D eigenvalue weighted by Gasteiger charge is 2.32. The number of nitrogens with one attached hydrogen (secondary N) is 2. The molecule has 0 saturated carbocycles. The molecule has 6 heteroatoms. The van der Waals surface area contributed by atoms with Gasteiger partial charge in [-0.2, -0.15) is 0 Å². The van der Waals surface area contributed by atoms with Crippen molar-refractivity contribution >= 4 is 6.03 Å². The first-order valence-electron chi connectivity index (χ1n) is 8.38. The lowest BCUT2D eigenvalue weighted by atomic mass is 10.0. The van der Waals surface area contributed by atoms with E-state index in [-0.39, 0.29) is 11.6 Å². The summed E-state index contributed by atoms with van der Waals surface area (Å²) in [5.74, 6) is 1.54. The van der Waals surface area contributed by atoms with Crippen LogP contribution in [0.5, 0.6) is 11.5 Å². The molecule has 1 aromatic heterocycles. The van der Waals surface area contributed by atoms with Crippen LogP contribution in [0.2, 0.25) is 0 Å². The number of carbonyl (C=O) groups is 1. The summed E-state index contributed by atoms with van der Waals surface area (Å²) in [6, 6.07) is 9.43. The molecule has 1 aliphatic rings. The van der Waals surface area contributed by atoms with Crippen LogP contribution in [0.1, 0.15) is 25.0 Å². The number of hydrogen-bond acceptors (Lipinski definition) is 4. The molecule has 2 heterocycles. The van der Waals surface area contributed by atoms with Crippen LogP contribution in [0.15, 0.2) is 42.7 Å². The molecule has 0 radical (unpaired) electrons. The van der Waals surface area contributed by atoms with Crippen LogP contribution >= 0.6 is 0 Å². The van der Waals surface area contributed by atoms with Gasteiger partial charge in [0.15, 0.2) is 11.5 Å². The zero-order valence-electron chi connectivity index (χ0n) is 14.5. The summed E-state index contributed by atoms with van der Waals surface area (Å²) >= 11 is 0. The van der Waals surface area contributed by atoms with Gasteiger partial charge in [-0.05, 0) is 31.5 Å². The van der Waals surface area contributed by atoms with Gasteiger partial charge in [-0.3, -0.25) is 4.98 Å². The van der Waals surface area contributed by atoms with Crippen molar-refractivity contribution in [1.82, 2.24) is 15.6 Å². The number of rotatable bonds is 6. The molecular weight excluding hydrogens is 318 g/mol. The van der Waals surface area contributed by atoms with Crippen molar-refractivity contribution in [3.8, 4) is 11.5 Å². The molecule has 3 rings (SSSR count). The van der Waals surface area contributed by atoms with E-state index in [1.165, 1.54) is 0 Å². The molecule has 1 aliphatic heterocycles. The largest absolute Gasteiger partial charge is 0.488 e. The van der Waals surface area contributed by atoms with Crippen LogP contribution in [0, 0.1) is 0 Å². The third kappa shape index (κ3) is 4.62. The van der Waals surface area contributed by atoms with Crippen molar-refractivity contribution < 1.29 is 14.3 Å². The van der Waals surface area contributed by atoms with Crippen LogP contribution in [0.4, 0.5) is 4.79 Å². The molecule has 0 saturated heterocycles. The molecule has 25 heavy (non-hydrogen) atoms. The Balaban J connectivity index is 1.41. The second-order valence-electron chi connectivity index (χ2n) is 6.60. The highest BCUT2D eigenvalue weighted by atomic mass is 16.5. The van der Waals surface area contributed by atoms with Crippen LogP contribution in [0.25, 0.3) is 0 Å². The van der Waals surface area contributed by atoms with Crippen molar-refractivity contribution in [3.63, 3.8) is 0 Å². The minimum absolute atomic E-state index is 0.202. The van der Waals surface area contributed by atoms with E-state index in [0.717, 1.165) is 29.0 Å². The summed E-state index contributed by atoms with van der Waals surface area (Å²) in [6.45, 7) is 5.35. The summed E-state index contributed by atoms with van der Waals surface area (Å²) in [6.07, 6.45) is 4.29. The molecule has 2 N–H and O–H groups in total. The number of benzene rings is 1. The maximum Gasteiger partial charge on any atom is 0.315 e. The Morgan fingerprint density at radius 2 is 2.16 bits per heavy atom. The smallest absolute Gasteiger partial charge is 0.315 e. The topological polar surface area (TPSA) is 72.5 Å². The van der Waals surface area contributed by atoms with E-state index in [4.69, 9.17) is 9.47 Å². The molecule has 0 bridgehead atoms. The zero-order valence-corrected chi connectivity index (χ0v) is 14.5. The maximum atomic E-state index is 11.8. The number of amides is 2. The minimum Gasteiger partial charge on any atom is -0.488 e. The molecule has 0 atom stereocenters. The Morgan fingerprint density at radius 3 is 2.96 bits per heavy atom. The van der Waals surface area contributed by atoms with Crippen molar-refractivity contribution in [2.75, 3.05) is 13.2 Å². The van der Waals surface area contributed by atoms with Crippen LogP contribution in [0.3, 0.4) is 0 Å². The number of ether oxygens (including phenoxy) is 2. The molecule has 1 aromatic carbocycles. The number of nitrogens with zero attached hydrogens (tertiary/aromatic N) is 1. The van der Waals surface area contributed by atoms with Gasteiger partial charge in [0.25, 0.3) is 0 Å². The summed E-state index contributed by atoms with van der Waals surface area (Å²) < 4.78 is 11.7. The average molecular weight is 341 g/mol. The monoisotopic (exact) mass is 341 g/mol. The Bertz CT molecular complexity index is 732. The van der Waals surface area contributed by atoms with E-state index in [2.05, 4.69) is 35.5 Å². The van der Waals surface area contributed by atoms with Gasteiger partial charge in [-0.15, -0.1) is 0 Å².